The molecule has 1 N–H and O–H groups in total. The largest absolute Gasteiger partial charge is 0.497 e. The SMILES string of the molecule is COc1ccc(OC)c(C(C)NCc2ccc(F)cc2)c1. The number of halogens is 1. The summed E-state index contributed by atoms with van der Waals surface area (Å²) >= 11 is 0. The van der Waals surface area contributed by atoms with E-state index in [4.69, 9.17) is 9.47 Å². The van der Waals surface area contributed by atoms with Gasteiger partial charge in [0, 0.05) is 18.2 Å². The molecule has 2 aromatic rings. The molecule has 0 spiro atoms. The lowest BCUT2D eigenvalue weighted by Crippen LogP contribution is -2.18. The van der Waals surface area contributed by atoms with Crippen molar-refractivity contribution in [2.24, 2.45) is 0 Å². The third kappa shape index (κ3) is 3.95. The third-order valence-corrected chi connectivity index (χ3v) is 3.43. The lowest BCUT2D eigenvalue weighted by atomic mass is 10.1. The van der Waals surface area contributed by atoms with E-state index in [2.05, 4.69) is 12.2 Å². The van der Waals surface area contributed by atoms with Gasteiger partial charge in [0.05, 0.1) is 14.2 Å². The summed E-state index contributed by atoms with van der Waals surface area (Å²) in [7, 11) is 3.29. The number of hydrogen-bond acceptors (Lipinski definition) is 3. The van der Waals surface area contributed by atoms with E-state index in [1.807, 2.05) is 18.2 Å². The molecule has 4 heteroatoms. The van der Waals surface area contributed by atoms with Crippen LogP contribution in [-0.4, -0.2) is 14.2 Å². The van der Waals surface area contributed by atoms with E-state index in [9.17, 15) is 4.39 Å². The molecule has 112 valence electrons. The molecule has 0 bridgehead atoms. The van der Waals surface area contributed by atoms with Crippen molar-refractivity contribution in [1.82, 2.24) is 5.32 Å². The Labute approximate surface area is 124 Å². The molecule has 0 saturated heterocycles. The van der Waals surface area contributed by atoms with Gasteiger partial charge in [0.1, 0.15) is 17.3 Å². The highest BCUT2D eigenvalue weighted by Gasteiger charge is 2.12. The zero-order chi connectivity index (χ0) is 15.2. The molecule has 0 fully saturated rings. The van der Waals surface area contributed by atoms with Gasteiger partial charge in [-0.1, -0.05) is 12.1 Å². The fraction of sp³-hybridized carbons (Fsp3) is 0.294. The Morgan fingerprint density at radius 3 is 2.38 bits per heavy atom. The van der Waals surface area contributed by atoms with Crippen LogP contribution in [0, 0.1) is 5.82 Å². The molecule has 21 heavy (non-hydrogen) atoms. The smallest absolute Gasteiger partial charge is 0.123 e. The highest BCUT2D eigenvalue weighted by atomic mass is 19.1. The molecule has 0 radical (unpaired) electrons. The lowest BCUT2D eigenvalue weighted by Gasteiger charge is -2.18. The Morgan fingerprint density at radius 1 is 1.05 bits per heavy atom. The predicted octanol–water partition coefficient (Wildman–Crippen LogP) is 3.69. The Bertz CT molecular complexity index is 584. The summed E-state index contributed by atoms with van der Waals surface area (Å²) in [4.78, 5) is 0. The molecule has 0 aliphatic rings. The molecule has 3 nitrogen and oxygen atoms in total. The van der Waals surface area contributed by atoms with Gasteiger partial charge in [-0.15, -0.1) is 0 Å². The van der Waals surface area contributed by atoms with E-state index in [1.165, 1.54) is 12.1 Å². The van der Waals surface area contributed by atoms with E-state index in [1.54, 1.807) is 26.4 Å². The third-order valence-electron chi connectivity index (χ3n) is 3.43. The predicted molar refractivity (Wildman–Crippen MR) is 81.2 cm³/mol. The highest BCUT2D eigenvalue weighted by molar-refractivity contribution is 5.42. The molecule has 0 aliphatic carbocycles. The minimum Gasteiger partial charge on any atom is -0.497 e. The van der Waals surface area contributed by atoms with Gasteiger partial charge < -0.3 is 14.8 Å². The average molecular weight is 289 g/mol. The van der Waals surface area contributed by atoms with Gasteiger partial charge in [-0.3, -0.25) is 0 Å². The number of methoxy groups -OCH3 is 2. The fourth-order valence-electron chi connectivity index (χ4n) is 2.16. The van der Waals surface area contributed by atoms with Crippen molar-refractivity contribution in [3.05, 3.63) is 59.4 Å². The van der Waals surface area contributed by atoms with E-state index in [0.29, 0.717) is 6.54 Å². The van der Waals surface area contributed by atoms with E-state index < -0.39 is 0 Å². The van der Waals surface area contributed by atoms with Gasteiger partial charge in [-0.05, 0) is 42.8 Å². The standard InChI is InChI=1S/C17H20FNO2/c1-12(19-11-13-4-6-14(18)7-5-13)16-10-15(20-2)8-9-17(16)21-3/h4-10,12,19H,11H2,1-3H3. The van der Waals surface area contributed by atoms with Crippen LogP contribution in [0.3, 0.4) is 0 Å². The van der Waals surface area contributed by atoms with Crippen LogP contribution in [0.15, 0.2) is 42.5 Å². The summed E-state index contributed by atoms with van der Waals surface area (Å²) in [5.74, 6) is 1.39. The van der Waals surface area contributed by atoms with Gasteiger partial charge in [0.2, 0.25) is 0 Å². The molecular weight excluding hydrogens is 269 g/mol. The van der Waals surface area contributed by atoms with Gasteiger partial charge >= 0.3 is 0 Å². The summed E-state index contributed by atoms with van der Waals surface area (Å²) in [5.41, 5.74) is 2.06. The maximum atomic E-state index is 12.9. The first-order valence-electron chi connectivity index (χ1n) is 6.83. The van der Waals surface area contributed by atoms with Gasteiger partial charge in [0.25, 0.3) is 0 Å². The van der Waals surface area contributed by atoms with Crippen LogP contribution in [0.4, 0.5) is 4.39 Å². The van der Waals surface area contributed by atoms with E-state index in [-0.39, 0.29) is 11.9 Å². The Balaban J connectivity index is 2.08. The van der Waals surface area contributed by atoms with Crippen LogP contribution in [0.2, 0.25) is 0 Å². The monoisotopic (exact) mass is 289 g/mol. The molecule has 0 amide bonds. The normalized spacial score (nSPS) is 12.0. The Kier molecular flexibility index (Phi) is 5.17. The second-order valence-corrected chi connectivity index (χ2v) is 4.84. The minimum atomic E-state index is -0.221. The second kappa shape index (κ2) is 7.09. The molecule has 0 aliphatic heterocycles. The van der Waals surface area contributed by atoms with Crippen molar-refractivity contribution in [2.75, 3.05) is 14.2 Å². The van der Waals surface area contributed by atoms with Crippen LogP contribution < -0.4 is 14.8 Å². The molecule has 0 aromatic heterocycles. The maximum absolute atomic E-state index is 12.9. The topological polar surface area (TPSA) is 30.5 Å². The quantitative estimate of drug-likeness (QED) is 0.879. The van der Waals surface area contributed by atoms with Crippen molar-refractivity contribution >= 4 is 0 Å². The fourth-order valence-corrected chi connectivity index (χ4v) is 2.16. The summed E-state index contributed by atoms with van der Waals surface area (Å²) in [6.07, 6.45) is 0. The van der Waals surface area contributed by atoms with E-state index >= 15 is 0 Å². The number of ether oxygens (including phenoxy) is 2. The highest BCUT2D eigenvalue weighted by Crippen LogP contribution is 2.29. The van der Waals surface area contributed by atoms with Gasteiger partial charge in [-0.2, -0.15) is 0 Å². The van der Waals surface area contributed by atoms with Crippen molar-refractivity contribution in [3.8, 4) is 11.5 Å². The maximum Gasteiger partial charge on any atom is 0.123 e. The number of nitrogens with one attached hydrogen (secondary N) is 1. The Morgan fingerprint density at radius 2 is 1.76 bits per heavy atom. The first-order chi connectivity index (χ1) is 10.1. The zero-order valence-corrected chi connectivity index (χ0v) is 12.5. The molecule has 1 unspecified atom stereocenters. The Hall–Kier alpha value is -2.07. The molecule has 1 atom stereocenters. The first-order valence-corrected chi connectivity index (χ1v) is 6.83. The average Bonchev–Trinajstić information content (AvgIpc) is 2.53. The lowest BCUT2D eigenvalue weighted by molar-refractivity contribution is 0.391. The van der Waals surface area contributed by atoms with Gasteiger partial charge in [-0.25, -0.2) is 4.39 Å². The minimum absolute atomic E-state index is 0.0834. The number of benzene rings is 2. The summed E-state index contributed by atoms with van der Waals surface area (Å²) < 4.78 is 23.5. The summed E-state index contributed by atoms with van der Waals surface area (Å²) in [6.45, 7) is 2.71. The zero-order valence-electron chi connectivity index (χ0n) is 12.5. The van der Waals surface area contributed by atoms with Gasteiger partial charge in [0.15, 0.2) is 0 Å². The molecule has 0 saturated carbocycles. The van der Waals surface area contributed by atoms with Crippen LogP contribution in [0.5, 0.6) is 11.5 Å². The van der Waals surface area contributed by atoms with Crippen molar-refractivity contribution in [3.63, 3.8) is 0 Å². The molecule has 2 rings (SSSR count). The van der Waals surface area contributed by atoms with Crippen LogP contribution in [-0.2, 0) is 6.54 Å². The first kappa shape index (κ1) is 15.3. The summed E-state index contributed by atoms with van der Waals surface area (Å²) in [6, 6.07) is 12.3. The van der Waals surface area contributed by atoms with Crippen LogP contribution in [0.25, 0.3) is 0 Å². The number of rotatable bonds is 6. The second-order valence-electron chi connectivity index (χ2n) is 4.84. The van der Waals surface area contributed by atoms with Crippen LogP contribution >= 0.6 is 0 Å². The summed E-state index contributed by atoms with van der Waals surface area (Å²) in [5, 5.41) is 3.40. The molecule has 0 heterocycles. The molecule has 2 aromatic carbocycles. The van der Waals surface area contributed by atoms with Crippen molar-refractivity contribution in [1.29, 1.82) is 0 Å². The van der Waals surface area contributed by atoms with Crippen LogP contribution in [0.1, 0.15) is 24.1 Å². The number of hydrogen-bond donors (Lipinski definition) is 1. The van der Waals surface area contributed by atoms with E-state index in [0.717, 1.165) is 22.6 Å². The van der Waals surface area contributed by atoms with Crippen molar-refractivity contribution in [2.45, 2.75) is 19.5 Å². The molecular formula is C17H20FNO2. The van der Waals surface area contributed by atoms with Crippen molar-refractivity contribution < 1.29 is 13.9 Å².